The second-order valence-corrected chi connectivity index (χ2v) is 7.65. The number of carbonyl (C=O) groups excluding carboxylic acids is 1. The average molecular weight is 398 g/mol. The van der Waals surface area contributed by atoms with Crippen molar-refractivity contribution in [3.8, 4) is 0 Å². The molecule has 1 aromatic rings. The number of piperazine rings is 1. The van der Waals surface area contributed by atoms with Gasteiger partial charge in [0.25, 0.3) is 0 Å². The van der Waals surface area contributed by atoms with Crippen molar-refractivity contribution in [1.29, 1.82) is 0 Å². The minimum atomic E-state index is -0.160. The maximum atomic E-state index is 13.9. The molecule has 0 aliphatic carbocycles. The number of rotatable bonds is 4. The largest absolute Gasteiger partial charge is 0.342 e. The van der Waals surface area contributed by atoms with Crippen molar-refractivity contribution in [3.05, 3.63) is 34.1 Å². The Morgan fingerprint density at radius 2 is 1.67 bits per heavy atom. The van der Waals surface area contributed by atoms with Gasteiger partial charge in [0.05, 0.1) is 6.54 Å². The average Bonchev–Trinajstić information content (AvgIpc) is 2.60. The molecule has 2 fully saturated rings. The number of hydrogen-bond acceptors (Lipinski definition) is 3. The number of nitrogens with zero attached hydrogens (tertiary/aromatic N) is 3. The van der Waals surface area contributed by atoms with Crippen molar-refractivity contribution in [1.82, 2.24) is 14.7 Å². The zero-order valence-electron chi connectivity index (χ0n) is 14.0. The molecule has 2 aliphatic rings. The number of amides is 1. The van der Waals surface area contributed by atoms with Crippen LogP contribution in [0.3, 0.4) is 0 Å². The van der Waals surface area contributed by atoms with Gasteiger partial charge in [0, 0.05) is 55.8 Å². The van der Waals surface area contributed by atoms with Crippen LogP contribution in [0.15, 0.2) is 22.7 Å². The van der Waals surface area contributed by atoms with Crippen LogP contribution in [0.25, 0.3) is 0 Å². The quantitative estimate of drug-likeness (QED) is 0.781. The molecule has 132 valence electrons. The minimum absolute atomic E-state index is 0.160. The van der Waals surface area contributed by atoms with Gasteiger partial charge in [-0.1, -0.05) is 22.0 Å². The van der Waals surface area contributed by atoms with Gasteiger partial charge in [-0.15, -0.1) is 0 Å². The molecule has 0 atom stereocenters. The molecule has 2 saturated heterocycles. The van der Waals surface area contributed by atoms with Crippen LogP contribution in [0.1, 0.15) is 24.8 Å². The molecule has 6 heteroatoms. The monoisotopic (exact) mass is 397 g/mol. The topological polar surface area (TPSA) is 26.8 Å². The third-order valence-corrected chi connectivity index (χ3v) is 5.43. The van der Waals surface area contributed by atoms with E-state index < -0.39 is 0 Å². The van der Waals surface area contributed by atoms with Crippen molar-refractivity contribution in [2.75, 3.05) is 45.8 Å². The normalized spacial score (nSPS) is 20.3. The molecular formula is C18H25BrFN3O. The van der Waals surface area contributed by atoms with E-state index >= 15 is 0 Å². The predicted molar refractivity (Wildman–Crippen MR) is 96.2 cm³/mol. The van der Waals surface area contributed by atoms with Crippen LogP contribution in [-0.4, -0.2) is 66.4 Å². The standard InChI is InChI=1S/C18H25BrFN3O/c19-16-5-4-15(17(20)12-16)13-21-8-10-22(11-9-21)14-18(24)23-6-2-1-3-7-23/h4-5,12H,1-3,6-11,13-14H2. The number of benzene rings is 1. The van der Waals surface area contributed by atoms with Crippen LogP contribution in [0.2, 0.25) is 0 Å². The van der Waals surface area contributed by atoms with Crippen molar-refractivity contribution >= 4 is 21.8 Å². The maximum Gasteiger partial charge on any atom is 0.236 e. The van der Waals surface area contributed by atoms with Crippen molar-refractivity contribution in [3.63, 3.8) is 0 Å². The van der Waals surface area contributed by atoms with Crippen LogP contribution in [0.5, 0.6) is 0 Å². The Hall–Kier alpha value is -0.980. The Morgan fingerprint density at radius 3 is 2.33 bits per heavy atom. The zero-order chi connectivity index (χ0) is 16.9. The molecule has 0 unspecified atom stereocenters. The van der Waals surface area contributed by atoms with E-state index in [0.717, 1.165) is 62.1 Å². The summed E-state index contributed by atoms with van der Waals surface area (Å²) < 4.78 is 14.7. The molecule has 4 nitrogen and oxygen atoms in total. The second-order valence-electron chi connectivity index (χ2n) is 6.73. The molecule has 0 spiro atoms. The fourth-order valence-corrected chi connectivity index (χ4v) is 3.76. The fraction of sp³-hybridized carbons (Fsp3) is 0.611. The van der Waals surface area contributed by atoms with Crippen LogP contribution in [0.4, 0.5) is 4.39 Å². The Kier molecular flexibility index (Phi) is 6.25. The second kappa shape index (κ2) is 8.41. The van der Waals surface area contributed by atoms with Gasteiger partial charge in [-0.3, -0.25) is 14.6 Å². The van der Waals surface area contributed by atoms with E-state index in [1.54, 1.807) is 0 Å². The summed E-state index contributed by atoms with van der Waals surface area (Å²) in [5.41, 5.74) is 0.732. The Morgan fingerprint density at radius 1 is 1.00 bits per heavy atom. The summed E-state index contributed by atoms with van der Waals surface area (Å²) in [4.78, 5) is 18.8. The van der Waals surface area contributed by atoms with E-state index in [9.17, 15) is 9.18 Å². The van der Waals surface area contributed by atoms with E-state index in [-0.39, 0.29) is 11.7 Å². The molecule has 2 aliphatic heterocycles. The van der Waals surface area contributed by atoms with Gasteiger partial charge in [0.15, 0.2) is 0 Å². The summed E-state index contributed by atoms with van der Waals surface area (Å²) >= 11 is 3.29. The summed E-state index contributed by atoms with van der Waals surface area (Å²) in [6.07, 6.45) is 3.52. The molecule has 0 bridgehead atoms. The van der Waals surface area contributed by atoms with Crippen LogP contribution >= 0.6 is 15.9 Å². The molecule has 0 N–H and O–H groups in total. The van der Waals surface area contributed by atoms with E-state index in [1.807, 2.05) is 17.0 Å². The third kappa shape index (κ3) is 4.77. The summed E-state index contributed by atoms with van der Waals surface area (Å²) in [7, 11) is 0. The molecule has 2 heterocycles. The van der Waals surface area contributed by atoms with Gasteiger partial charge in [0.1, 0.15) is 5.82 Å². The van der Waals surface area contributed by atoms with Crippen molar-refractivity contribution in [2.45, 2.75) is 25.8 Å². The molecule has 0 aromatic heterocycles. The number of hydrogen-bond donors (Lipinski definition) is 0. The Bertz CT molecular complexity index is 569. The molecule has 0 saturated carbocycles. The lowest BCUT2D eigenvalue weighted by atomic mass is 10.1. The fourth-order valence-electron chi connectivity index (χ4n) is 3.43. The zero-order valence-corrected chi connectivity index (χ0v) is 15.6. The molecule has 3 rings (SSSR count). The highest BCUT2D eigenvalue weighted by molar-refractivity contribution is 9.10. The molecule has 0 radical (unpaired) electrons. The van der Waals surface area contributed by atoms with Crippen LogP contribution < -0.4 is 0 Å². The lowest BCUT2D eigenvalue weighted by molar-refractivity contribution is -0.133. The number of likely N-dealkylation sites (tertiary alicyclic amines) is 1. The van der Waals surface area contributed by atoms with Crippen LogP contribution in [-0.2, 0) is 11.3 Å². The summed E-state index contributed by atoms with van der Waals surface area (Å²) in [5.74, 6) is 0.106. The van der Waals surface area contributed by atoms with E-state index in [0.29, 0.717) is 13.1 Å². The lowest BCUT2D eigenvalue weighted by Gasteiger charge is -2.36. The highest BCUT2D eigenvalue weighted by Gasteiger charge is 2.23. The first-order valence-corrected chi connectivity index (χ1v) is 9.57. The van der Waals surface area contributed by atoms with Gasteiger partial charge >= 0.3 is 0 Å². The first kappa shape index (κ1) is 17.8. The van der Waals surface area contributed by atoms with Gasteiger partial charge in [-0.2, -0.15) is 0 Å². The predicted octanol–water partition coefficient (Wildman–Crippen LogP) is 2.72. The van der Waals surface area contributed by atoms with Crippen molar-refractivity contribution < 1.29 is 9.18 Å². The summed E-state index contributed by atoms with van der Waals surface area (Å²) in [5, 5.41) is 0. The van der Waals surface area contributed by atoms with E-state index in [2.05, 4.69) is 25.7 Å². The Balaban J connectivity index is 1.44. The van der Waals surface area contributed by atoms with E-state index in [4.69, 9.17) is 0 Å². The number of halogens is 2. The Labute approximate surface area is 151 Å². The van der Waals surface area contributed by atoms with Gasteiger partial charge in [-0.25, -0.2) is 4.39 Å². The first-order chi connectivity index (χ1) is 11.6. The highest BCUT2D eigenvalue weighted by Crippen LogP contribution is 2.18. The molecule has 1 aromatic carbocycles. The summed E-state index contributed by atoms with van der Waals surface area (Å²) in [6.45, 7) is 6.50. The molecular weight excluding hydrogens is 373 g/mol. The van der Waals surface area contributed by atoms with Crippen LogP contribution in [0, 0.1) is 5.82 Å². The van der Waals surface area contributed by atoms with Gasteiger partial charge < -0.3 is 4.90 Å². The first-order valence-electron chi connectivity index (χ1n) is 8.78. The van der Waals surface area contributed by atoms with E-state index in [1.165, 1.54) is 12.5 Å². The highest BCUT2D eigenvalue weighted by atomic mass is 79.9. The SMILES string of the molecule is O=C(CN1CCN(Cc2ccc(Br)cc2F)CC1)N1CCCCC1. The molecule has 24 heavy (non-hydrogen) atoms. The minimum Gasteiger partial charge on any atom is -0.342 e. The third-order valence-electron chi connectivity index (χ3n) is 4.94. The van der Waals surface area contributed by atoms with Gasteiger partial charge in [0.2, 0.25) is 5.91 Å². The number of carbonyl (C=O) groups is 1. The maximum absolute atomic E-state index is 13.9. The number of piperidine rings is 1. The smallest absolute Gasteiger partial charge is 0.236 e. The van der Waals surface area contributed by atoms with Gasteiger partial charge in [-0.05, 0) is 31.4 Å². The lowest BCUT2D eigenvalue weighted by Crippen LogP contribution is -2.50. The van der Waals surface area contributed by atoms with Crippen molar-refractivity contribution in [2.24, 2.45) is 0 Å². The summed E-state index contributed by atoms with van der Waals surface area (Å²) in [6, 6.07) is 5.24. The molecule has 1 amide bonds.